The molecule has 2 aromatic carbocycles. The van der Waals surface area contributed by atoms with Gasteiger partial charge in [0.2, 0.25) is 5.95 Å². The number of rotatable bonds is 11. The molecule has 3 rings (SSSR count). The molecule has 0 bridgehead atoms. The summed E-state index contributed by atoms with van der Waals surface area (Å²) in [6.07, 6.45) is 5.76. The molecule has 0 aliphatic rings. The average molecular weight is 406 g/mol. The largest absolute Gasteiger partial charge is 0.508 e. The summed E-state index contributed by atoms with van der Waals surface area (Å²) in [7, 11) is 0. The number of aromatic nitrogens is 2. The van der Waals surface area contributed by atoms with Crippen molar-refractivity contribution in [3.63, 3.8) is 0 Å². The van der Waals surface area contributed by atoms with Crippen LogP contribution in [0.15, 0.2) is 60.8 Å². The molecule has 30 heavy (non-hydrogen) atoms. The van der Waals surface area contributed by atoms with Crippen LogP contribution in [-0.2, 0) is 6.42 Å². The maximum atomic E-state index is 9.37. The van der Waals surface area contributed by atoms with Gasteiger partial charge in [0.05, 0.1) is 5.69 Å². The Kier molecular flexibility index (Phi) is 8.03. The van der Waals surface area contributed by atoms with E-state index in [0.717, 1.165) is 61.3 Å². The van der Waals surface area contributed by atoms with Crippen LogP contribution in [0, 0.1) is 0 Å². The second-order valence-corrected chi connectivity index (χ2v) is 7.37. The van der Waals surface area contributed by atoms with Gasteiger partial charge in [0.25, 0.3) is 0 Å². The molecule has 1 unspecified atom stereocenters. The second kappa shape index (κ2) is 11.2. The molecule has 0 spiro atoms. The molecule has 0 saturated heterocycles. The van der Waals surface area contributed by atoms with Crippen LogP contribution in [0.5, 0.6) is 5.75 Å². The van der Waals surface area contributed by atoms with Crippen LogP contribution in [0.3, 0.4) is 0 Å². The van der Waals surface area contributed by atoms with Gasteiger partial charge in [-0.3, -0.25) is 0 Å². The Labute approximate surface area is 178 Å². The highest BCUT2D eigenvalue weighted by molar-refractivity contribution is 5.65. The molecule has 1 atom stereocenters. The molecule has 6 nitrogen and oxygen atoms in total. The van der Waals surface area contributed by atoms with E-state index in [0.29, 0.717) is 12.0 Å². The Bertz CT molecular complexity index is 913. The van der Waals surface area contributed by atoms with Crippen molar-refractivity contribution in [1.82, 2.24) is 9.97 Å². The Hall–Kier alpha value is -3.12. The van der Waals surface area contributed by atoms with Gasteiger partial charge in [0.15, 0.2) is 0 Å². The lowest BCUT2D eigenvalue weighted by molar-refractivity contribution is 0.475. The molecule has 0 aliphatic carbocycles. The molecular formula is C24H31N5O. The minimum absolute atomic E-state index is 0.282. The van der Waals surface area contributed by atoms with Gasteiger partial charge in [-0.25, -0.2) is 9.97 Å². The number of phenolic OH excluding ortho intramolecular Hbond substituents is 1. The number of benzene rings is 2. The highest BCUT2D eigenvalue weighted by Gasteiger charge is 2.08. The molecule has 5 N–H and O–H groups in total. The molecule has 0 aliphatic heterocycles. The molecule has 6 heteroatoms. The minimum atomic E-state index is 0.282. The Morgan fingerprint density at radius 1 is 1.10 bits per heavy atom. The van der Waals surface area contributed by atoms with Crippen molar-refractivity contribution in [1.29, 1.82) is 0 Å². The molecule has 0 saturated carbocycles. The number of hydrogen-bond donors (Lipinski definition) is 4. The lowest BCUT2D eigenvalue weighted by atomic mass is 10.1. The lowest BCUT2D eigenvalue weighted by Gasteiger charge is -2.18. The van der Waals surface area contributed by atoms with E-state index in [-0.39, 0.29) is 5.75 Å². The topological polar surface area (TPSA) is 96.1 Å². The van der Waals surface area contributed by atoms with E-state index in [4.69, 9.17) is 5.73 Å². The van der Waals surface area contributed by atoms with Gasteiger partial charge < -0.3 is 21.5 Å². The molecule has 3 aromatic rings. The van der Waals surface area contributed by atoms with Crippen LogP contribution in [0.2, 0.25) is 0 Å². The molecular weight excluding hydrogens is 374 g/mol. The maximum Gasteiger partial charge on any atom is 0.223 e. The van der Waals surface area contributed by atoms with Crippen LogP contribution in [0.1, 0.15) is 31.7 Å². The first-order valence-corrected chi connectivity index (χ1v) is 10.6. The number of phenols is 1. The van der Waals surface area contributed by atoms with Crippen LogP contribution < -0.4 is 16.4 Å². The second-order valence-electron chi connectivity index (χ2n) is 7.37. The number of nitrogens with zero attached hydrogens (tertiary/aromatic N) is 2. The zero-order valence-electron chi connectivity index (χ0n) is 17.5. The summed E-state index contributed by atoms with van der Waals surface area (Å²) in [6.45, 7) is 3.63. The quantitative estimate of drug-likeness (QED) is 0.377. The number of aromatic hydroxyl groups is 1. The smallest absolute Gasteiger partial charge is 0.223 e. The Morgan fingerprint density at radius 3 is 2.70 bits per heavy atom. The third kappa shape index (κ3) is 6.46. The number of hydrogen-bond acceptors (Lipinski definition) is 6. The van der Waals surface area contributed by atoms with E-state index in [1.807, 2.05) is 24.3 Å². The molecule has 0 fully saturated rings. The summed E-state index contributed by atoms with van der Waals surface area (Å²) in [6, 6.07) is 17.9. The van der Waals surface area contributed by atoms with Crippen molar-refractivity contribution in [3.05, 3.63) is 66.4 Å². The normalized spacial score (nSPS) is 11.8. The third-order valence-corrected chi connectivity index (χ3v) is 5.07. The van der Waals surface area contributed by atoms with Gasteiger partial charge in [-0.15, -0.1) is 0 Å². The van der Waals surface area contributed by atoms with Crippen LogP contribution in [0.4, 0.5) is 11.6 Å². The van der Waals surface area contributed by atoms with E-state index in [1.54, 1.807) is 18.3 Å². The monoisotopic (exact) mass is 405 g/mol. The zero-order chi connectivity index (χ0) is 21.2. The third-order valence-electron chi connectivity index (χ3n) is 5.07. The predicted octanol–water partition coefficient (Wildman–Crippen LogP) is 4.43. The van der Waals surface area contributed by atoms with Crippen molar-refractivity contribution < 1.29 is 5.11 Å². The summed E-state index contributed by atoms with van der Waals surface area (Å²) in [4.78, 5) is 9.01. The van der Waals surface area contributed by atoms with Crippen molar-refractivity contribution in [2.24, 2.45) is 5.73 Å². The van der Waals surface area contributed by atoms with Gasteiger partial charge in [-0.1, -0.05) is 31.2 Å². The van der Waals surface area contributed by atoms with Crippen LogP contribution >= 0.6 is 0 Å². The molecule has 1 aromatic heterocycles. The summed E-state index contributed by atoms with van der Waals surface area (Å²) in [5, 5.41) is 16.3. The van der Waals surface area contributed by atoms with Gasteiger partial charge in [0.1, 0.15) is 5.75 Å². The average Bonchev–Trinajstić information content (AvgIpc) is 2.78. The summed E-state index contributed by atoms with van der Waals surface area (Å²) >= 11 is 0. The summed E-state index contributed by atoms with van der Waals surface area (Å²) in [5.74, 6) is 0.892. The van der Waals surface area contributed by atoms with Crippen molar-refractivity contribution in [2.75, 3.05) is 23.7 Å². The lowest BCUT2D eigenvalue weighted by Crippen LogP contribution is -2.19. The van der Waals surface area contributed by atoms with Crippen molar-refractivity contribution in [2.45, 2.75) is 38.6 Å². The van der Waals surface area contributed by atoms with E-state index in [2.05, 4.69) is 45.7 Å². The Balaban J connectivity index is 1.62. The highest BCUT2D eigenvalue weighted by atomic mass is 16.3. The molecule has 158 valence electrons. The minimum Gasteiger partial charge on any atom is -0.508 e. The van der Waals surface area contributed by atoms with Crippen molar-refractivity contribution in [3.8, 4) is 17.0 Å². The van der Waals surface area contributed by atoms with Crippen LogP contribution in [-0.4, -0.2) is 34.2 Å². The van der Waals surface area contributed by atoms with Gasteiger partial charge in [0, 0.05) is 30.0 Å². The summed E-state index contributed by atoms with van der Waals surface area (Å²) in [5.41, 5.74) is 9.84. The first-order chi connectivity index (χ1) is 14.7. The zero-order valence-corrected chi connectivity index (χ0v) is 17.5. The summed E-state index contributed by atoms with van der Waals surface area (Å²) < 4.78 is 0. The fourth-order valence-corrected chi connectivity index (χ4v) is 3.33. The van der Waals surface area contributed by atoms with Gasteiger partial charge in [-0.05, 0) is 68.1 Å². The van der Waals surface area contributed by atoms with Crippen LogP contribution in [0.25, 0.3) is 11.3 Å². The SMILES string of the molecule is CCC(CCCN)Nc1cccc(-c2ccnc(NCCc3ccc(O)cc3)n2)c1. The first-order valence-electron chi connectivity index (χ1n) is 10.6. The Morgan fingerprint density at radius 2 is 1.93 bits per heavy atom. The standard InChI is InChI=1S/C24H31N5O/c1-2-20(7-4-14-25)28-21-6-3-5-19(17-21)23-13-16-27-24(29-23)26-15-12-18-8-10-22(30)11-9-18/h3,5-6,8-11,13,16-17,20,28,30H,2,4,7,12,14-15,25H2,1H3,(H,26,27,29). The van der Waals surface area contributed by atoms with E-state index in [1.165, 1.54) is 0 Å². The fraction of sp³-hybridized carbons (Fsp3) is 0.333. The van der Waals surface area contributed by atoms with E-state index in [9.17, 15) is 5.11 Å². The highest BCUT2D eigenvalue weighted by Crippen LogP contribution is 2.23. The van der Waals surface area contributed by atoms with Gasteiger partial charge >= 0.3 is 0 Å². The predicted molar refractivity (Wildman–Crippen MR) is 124 cm³/mol. The van der Waals surface area contributed by atoms with E-state index >= 15 is 0 Å². The first kappa shape index (κ1) is 21.6. The maximum absolute atomic E-state index is 9.37. The van der Waals surface area contributed by atoms with Gasteiger partial charge in [-0.2, -0.15) is 0 Å². The van der Waals surface area contributed by atoms with E-state index < -0.39 is 0 Å². The van der Waals surface area contributed by atoms with Crippen molar-refractivity contribution >= 4 is 11.6 Å². The molecule has 0 radical (unpaired) electrons. The number of nitrogens with two attached hydrogens (primary N) is 1. The number of anilines is 2. The fourth-order valence-electron chi connectivity index (χ4n) is 3.33. The molecule has 1 heterocycles. The number of nitrogens with one attached hydrogen (secondary N) is 2. The molecule has 0 amide bonds.